The Labute approximate surface area is 115 Å². The number of hydrogen-bond acceptors (Lipinski definition) is 2. The summed E-state index contributed by atoms with van der Waals surface area (Å²) in [6.45, 7) is 9.29. The van der Waals surface area contributed by atoms with Crippen LogP contribution in [0.2, 0.25) is 0 Å². The van der Waals surface area contributed by atoms with Crippen LogP contribution in [0.4, 0.5) is 4.79 Å². The first-order chi connectivity index (χ1) is 8.90. The van der Waals surface area contributed by atoms with Gasteiger partial charge in [0.25, 0.3) is 0 Å². The molecule has 0 aliphatic heterocycles. The maximum Gasteiger partial charge on any atom is 0.408 e. The molecule has 1 aromatic rings. The van der Waals surface area contributed by atoms with Crippen LogP contribution in [0.15, 0.2) is 43.0 Å². The molecule has 104 valence electrons. The second-order valence-electron chi connectivity index (χ2n) is 5.51. The molecule has 0 unspecified atom stereocenters. The molecule has 0 aromatic heterocycles. The molecule has 1 rings (SSSR count). The van der Waals surface area contributed by atoms with Gasteiger partial charge in [0.1, 0.15) is 5.60 Å². The van der Waals surface area contributed by atoms with Crippen LogP contribution >= 0.6 is 0 Å². The lowest BCUT2D eigenvalue weighted by Gasteiger charge is -2.22. The lowest BCUT2D eigenvalue weighted by molar-refractivity contribution is 0.0512. The van der Waals surface area contributed by atoms with E-state index >= 15 is 0 Å². The molecule has 0 fully saturated rings. The van der Waals surface area contributed by atoms with Crippen molar-refractivity contribution in [2.45, 2.75) is 45.3 Å². The topological polar surface area (TPSA) is 38.3 Å². The molecule has 3 heteroatoms. The SMILES string of the molecule is C=C[C@@H](CCc1ccccc1)NC(=O)OC(C)(C)C. The van der Waals surface area contributed by atoms with E-state index in [0.717, 1.165) is 12.8 Å². The molecule has 0 radical (unpaired) electrons. The summed E-state index contributed by atoms with van der Waals surface area (Å²) in [7, 11) is 0. The van der Waals surface area contributed by atoms with Crippen LogP contribution in [-0.2, 0) is 11.2 Å². The highest BCUT2D eigenvalue weighted by Crippen LogP contribution is 2.09. The summed E-state index contributed by atoms with van der Waals surface area (Å²) in [4.78, 5) is 11.7. The Morgan fingerprint density at radius 3 is 2.53 bits per heavy atom. The molecule has 1 atom stereocenters. The third-order valence-corrected chi connectivity index (χ3v) is 2.57. The van der Waals surface area contributed by atoms with Crippen molar-refractivity contribution in [1.82, 2.24) is 5.32 Å². The van der Waals surface area contributed by atoms with Crippen LogP contribution < -0.4 is 5.32 Å². The van der Waals surface area contributed by atoms with E-state index in [1.807, 2.05) is 39.0 Å². The number of amides is 1. The molecule has 0 aliphatic carbocycles. The molecule has 1 N–H and O–H groups in total. The van der Waals surface area contributed by atoms with E-state index in [4.69, 9.17) is 4.74 Å². The zero-order valence-electron chi connectivity index (χ0n) is 12.0. The normalized spacial score (nSPS) is 12.6. The van der Waals surface area contributed by atoms with Crippen molar-refractivity contribution in [2.24, 2.45) is 0 Å². The lowest BCUT2D eigenvalue weighted by Crippen LogP contribution is -2.38. The summed E-state index contributed by atoms with van der Waals surface area (Å²) in [6, 6.07) is 10.1. The van der Waals surface area contributed by atoms with Crippen molar-refractivity contribution in [3.63, 3.8) is 0 Å². The van der Waals surface area contributed by atoms with E-state index in [0.29, 0.717) is 0 Å². The highest BCUT2D eigenvalue weighted by atomic mass is 16.6. The maximum atomic E-state index is 11.7. The number of carbonyl (C=O) groups is 1. The van der Waals surface area contributed by atoms with Crippen LogP contribution in [0, 0.1) is 0 Å². The van der Waals surface area contributed by atoms with Crippen molar-refractivity contribution >= 4 is 6.09 Å². The van der Waals surface area contributed by atoms with Gasteiger partial charge in [0.15, 0.2) is 0 Å². The Bertz CT molecular complexity index is 407. The molecule has 3 nitrogen and oxygen atoms in total. The van der Waals surface area contributed by atoms with Crippen molar-refractivity contribution in [1.29, 1.82) is 0 Å². The number of benzene rings is 1. The first-order valence-electron chi connectivity index (χ1n) is 6.57. The summed E-state index contributed by atoms with van der Waals surface area (Å²) in [5.41, 5.74) is 0.773. The van der Waals surface area contributed by atoms with E-state index in [9.17, 15) is 4.79 Å². The van der Waals surface area contributed by atoms with Gasteiger partial charge in [-0.1, -0.05) is 36.4 Å². The molecule has 1 amide bonds. The van der Waals surface area contributed by atoms with Gasteiger partial charge >= 0.3 is 6.09 Å². The van der Waals surface area contributed by atoms with Gasteiger partial charge in [0.2, 0.25) is 0 Å². The number of ether oxygens (including phenoxy) is 1. The monoisotopic (exact) mass is 261 g/mol. The molecular weight excluding hydrogens is 238 g/mol. The predicted octanol–water partition coefficient (Wildman–Crippen LogP) is 3.70. The fraction of sp³-hybridized carbons (Fsp3) is 0.438. The highest BCUT2D eigenvalue weighted by Gasteiger charge is 2.18. The Balaban J connectivity index is 2.42. The molecule has 0 aliphatic rings. The zero-order valence-corrected chi connectivity index (χ0v) is 12.0. The van der Waals surface area contributed by atoms with Crippen LogP contribution in [-0.4, -0.2) is 17.7 Å². The lowest BCUT2D eigenvalue weighted by atomic mass is 10.1. The van der Waals surface area contributed by atoms with Crippen molar-refractivity contribution < 1.29 is 9.53 Å². The van der Waals surface area contributed by atoms with E-state index in [-0.39, 0.29) is 6.04 Å². The molecule has 0 heterocycles. The fourth-order valence-electron chi connectivity index (χ4n) is 1.67. The summed E-state index contributed by atoms with van der Waals surface area (Å²) in [5, 5.41) is 2.81. The van der Waals surface area contributed by atoms with Gasteiger partial charge in [-0.05, 0) is 39.2 Å². The molecule has 0 saturated carbocycles. The molecule has 0 saturated heterocycles. The summed E-state index contributed by atoms with van der Waals surface area (Å²) >= 11 is 0. The van der Waals surface area contributed by atoms with E-state index in [1.165, 1.54) is 5.56 Å². The predicted molar refractivity (Wildman–Crippen MR) is 78.1 cm³/mol. The van der Waals surface area contributed by atoms with E-state index in [2.05, 4.69) is 24.0 Å². The van der Waals surface area contributed by atoms with Gasteiger partial charge in [-0.25, -0.2) is 4.79 Å². The van der Waals surface area contributed by atoms with Gasteiger partial charge in [0, 0.05) is 0 Å². The quantitative estimate of drug-likeness (QED) is 0.821. The third kappa shape index (κ3) is 6.65. The Kier molecular flexibility index (Phi) is 5.61. The molecule has 0 bridgehead atoms. The van der Waals surface area contributed by atoms with Crippen molar-refractivity contribution in [3.8, 4) is 0 Å². The Hall–Kier alpha value is -1.77. The van der Waals surface area contributed by atoms with Gasteiger partial charge in [-0.2, -0.15) is 0 Å². The third-order valence-electron chi connectivity index (χ3n) is 2.57. The molecule has 1 aromatic carbocycles. The second kappa shape index (κ2) is 6.98. The van der Waals surface area contributed by atoms with Crippen LogP contribution in [0.25, 0.3) is 0 Å². The summed E-state index contributed by atoms with van der Waals surface area (Å²) in [5.74, 6) is 0. The highest BCUT2D eigenvalue weighted by molar-refractivity contribution is 5.68. The summed E-state index contributed by atoms with van der Waals surface area (Å²) < 4.78 is 5.22. The minimum Gasteiger partial charge on any atom is -0.444 e. The molecular formula is C16H23NO2. The second-order valence-corrected chi connectivity index (χ2v) is 5.51. The average molecular weight is 261 g/mol. The van der Waals surface area contributed by atoms with Crippen molar-refractivity contribution in [2.75, 3.05) is 0 Å². The van der Waals surface area contributed by atoms with Gasteiger partial charge in [-0.15, -0.1) is 6.58 Å². The Morgan fingerprint density at radius 1 is 1.37 bits per heavy atom. The number of nitrogens with one attached hydrogen (secondary N) is 1. The minimum atomic E-state index is -0.477. The van der Waals surface area contributed by atoms with Gasteiger partial charge in [-0.3, -0.25) is 0 Å². The average Bonchev–Trinajstić information content (AvgIpc) is 2.33. The van der Waals surface area contributed by atoms with Crippen LogP contribution in [0.1, 0.15) is 32.8 Å². The minimum absolute atomic E-state index is 0.0740. The van der Waals surface area contributed by atoms with Gasteiger partial charge in [0.05, 0.1) is 6.04 Å². The van der Waals surface area contributed by atoms with Crippen LogP contribution in [0.3, 0.4) is 0 Å². The number of hydrogen-bond donors (Lipinski definition) is 1. The standard InChI is InChI=1S/C16H23NO2/c1-5-14(17-15(18)19-16(2,3)4)12-11-13-9-7-6-8-10-13/h5-10,14H,1,11-12H2,2-4H3,(H,17,18)/t14-/m0/s1. The van der Waals surface area contributed by atoms with Gasteiger partial charge < -0.3 is 10.1 Å². The molecule has 19 heavy (non-hydrogen) atoms. The van der Waals surface area contributed by atoms with Crippen LogP contribution in [0.5, 0.6) is 0 Å². The Morgan fingerprint density at radius 2 is 2.00 bits per heavy atom. The summed E-state index contributed by atoms with van der Waals surface area (Å²) in [6.07, 6.45) is 3.05. The number of alkyl carbamates (subject to hydrolysis) is 1. The number of rotatable bonds is 5. The number of carbonyl (C=O) groups excluding carboxylic acids is 1. The van der Waals surface area contributed by atoms with E-state index < -0.39 is 11.7 Å². The van der Waals surface area contributed by atoms with Crippen molar-refractivity contribution in [3.05, 3.63) is 48.6 Å². The first kappa shape index (κ1) is 15.3. The maximum absolute atomic E-state index is 11.7. The number of aryl methyl sites for hydroxylation is 1. The van der Waals surface area contributed by atoms with E-state index in [1.54, 1.807) is 6.08 Å². The smallest absolute Gasteiger partial charge is 0.408 e. The first-order valence-corrected chi connectivity index (χ1v) is 6.57. The largest absolute Gasteiger partial charge is 0.444 e. The zero-order chi connectivity index (χ0) is 14.3. The molecule has 0 spiro atoms. The fourth-order valence-corrected chi connectivity index (χ4v) is 1.67.